The van der Waals surface area contributed by atoms with E-state index in [1.165, 1.54) is 30.5 Å². The summed E-state index contributed by atoms with van der Waals surface area (Å²) in [6.45, 7) is 0.895. The minimum Gasteiger partial charge on any atom is -0.385 e. The molecule has 0 aliphatic heterocycles. The van der Waals surface area contributed by atoms with Crippen LogP contribution >= 0.6 is 0 Å². The average Bonchev–Trinajstić information content (AvgIpc) is 2.52. The van der Waals surface area contributed by atoms with E-state index in [0.717, 1.165) is 25.1 Å². The average molecular weight is 284 g/mol. The zero-order chi connectivity index (χ0) is 14.9. The molecule has 2 rings (SSSR count). The molecule has 2 aromatic rings. The van der Waals surface area contributed by atoms with Gasteiger partial charge in [0, 0.05) is 24.4 Å². The quantitative estimate of drug-likeness (QED) is 0.443. The number of nitro groups is 1. The molecular weight excluding hydrogens is 264 g/mol. The topological polar surface area (TPSA) is 55.2 Å². The van der Waals surface area contributed by atoms with Crippen molar-refractivity contribution in [3.63, 3.8) is 0 Å². The third-order valence-corrected chi connectivity index (χ3v) is 3.39. The third-order valence-electron chi connectivity index (χ3n) is 3.39. The van der Waals surface area contributed by atoms with Gasteiger partial charge >= 0.3 is 0 Å². The maximum absolute atomic E-state index is 10.5. The van der Waals surface area contributed by atoms with Crippen LogP contribution < -0.4 is 5.32 Å². The highest BCUT2D eigenvalue weighted by atomic mass is 16.6. The second-order valence-corrected chi connectivity index (χ2v) is 5.03. The molecule has 0 unspecified atom stereocenters. The molecule has 0 aromatic heterocycles. The number of nitrogens with zero attached hydrogens (tertiary/aromatic N) is 1. The highest BCUT2D eigenvalue weighted by Gasteiger charge is 2.03. The number of non-ortho nitro benzene ring substituents is 1. The number of unbranched alkanes of at least 4 members (excludes halogenated alkanes) is 2. The van der Waals surface area contributed by atoms with E-state index in [0.29, 0.717) is 0 Å². The molecule has 0 aliphatic carbocycles. The molecule has 0 heterocycles. The number of hydrogen-bond acceptors (Lipinski definition) is 3. The number of nitrogens with one attached hydrogen (secondary N) is 1. The van der Waals surface area contributed by atoms with Gasteiger partial charge in [-0.05, 0) is 37.0 Å². The molecule has 21 heavy (non-hydrogen) atoms. The van der Waals surface area contributed by atoms with Crippen LogP contribution in [0.5, 0.6) is 0 Å². The van der Waals surface area contributed by atoms with Crippen molar-refractivity contribution >= 4 is 11.4 Å². The van der Waals surface area contributed by atoms with Gasteiger partial charge in [0.25, 0.3) is 5.69 Å². The van der Waals surface area contributed by atoms with Crippen LogP contribution in [-0.2, 0) is 6.42 Å². The van der Waals surface area contributed by atoms with Crippen molar-refractivity contribution in [2.24, 2.45) is 0 Å². The number of nitro benzene ring substituents is 1. The van der Waals surface area contributed by atoms with Gasteiger partial charge in [0.15, 0.2) is 0 Å². The normalized spacial score (nSPS) is 10.3. The van der Waals surface area contributed by atoms with Gasteiger partial charge in [-0.25, -0.2) is 0 Å². The van der Waals surface area contributed by atoms with Crippen LogP contribution in [0.4, 0.5) is 11.4 Å². The van der Waals surface area contributed by atoms with Crippen molar-refractivity contribution in [1.29, 1.82) is 0 Å². The summed E-state index contributed by atoms with van der Waals surface area (Å²) >= 11 is 0. The van der Waals surface area contributed by atoms with Crippen LogP contribution in [0, 0.1) is 10.1 Å². The highest BCUT2D eigenvalue weighted by Crippen LogP contribution is 2.15. The van der Waals surface area contributed by atoms with Gasteiger partial charge in [0.2, 0.25) is 0 Å². The molecule has 4 heteroatoms. The molecule has 0 fully saturated rings. The minimum atomic E-state index is -0.382. The van der Waals surface area contributed by atoms with E-state index < -0.39 is 0 Å². The van der Waals surface area contributed by atoms with Crippen molar-refractivity contribution in [2.45, 2.75) is 25.7 Å². The van der Waals surface area contributed by atoms with Gasteiger partial charge in [-0.1, -0.05) is 36.8 Å². The van der Waals surface area contributed by atoms with E-state index in [9.17, 15) is 10.1 Å². The predicted molar refractivity (Wildman–Crippen MR) is 85.6 cm³/mol. The summed E-state index contributed by atoms with van der Waals surface area (Å²) in [5, 5.41) is 13.8. The number of rotatable bonds is 8. The molecule has 0 saturated heterocycles. The van der Waals surface area contributed by atoms with E-state index >= 15 is 0 Å². The van der Waals surface area contributed by atoms with Crippen molar-refractivity contribution < 1.29 is 4.92 Å². The number of hydrogen-bond donors (Lipinski definition) is 1. The lowest BCUT2D eigenvalue weighted by atomic mass is 10.1. The summed E-state index contributed by atoms with van der Waals surface area (Å²) in [6.07, 6.45) is 4.59. The largest absolute Gasteiger partial charge is 0.385 e. The van der Waals surface area contributed by atoms with Crippen LogP contribution in [0.1, 0.15) is 24.8 Å². The number of benzene rings is 2. The van der Waals surface area contributed by atoms with Crippen LogP contribution in [0.2, 0.25) is 0 Å². The Bertz CT molecular complexity index is 553. The van der Waals surface area contributed by atoms with Gasteiger partial charge < -0.3 is 5.32 Å². The van der Waals surface area contributed by atoms with E-state index in [1.807, 2.05) is 6.07 Å². The fourth-order valence-corrected chi connectivity index (χ4v) is 2.21. The fourth-order valence-electron chi connectivity index (χ4n) is 2.21. The van der Waals surface area contributed by atoms with Crippen molar-refractivity contribution in [3.8, 4) is 0 Å². The van der Waals surface area contributed by atoms with Crippen LogP contribution in [-0.4, -0.2) is 11.5 Å². The zero-order valence-electron chi connectivity index (χ0n) is 12.0. The second-order valence-electron chi connectivity index (χ2n) is 5.03. The number of aryl methyl sites for hydroxylation is 1. The molecule has 0 atom stereocenters. The molecule has 0 saturated carbocycles. The van der Waals surface area contributed by atoms with Gasteiger partial charge in [0.05, 0.1) is 4.92 Å². The first-order valence-electron chi connectivity index (χ1n) is 7.28. The van der Waals surface area contributed by atoms with Gasteiger partial charge in [0.1, 0.15) is 0 Å². The minimum absolute atomic E-state index is 0.128. The Balaban J connectivity index is 1.60. The highest BCUT2D eigenvalue weighted by molar-refractivity contribution is 5.48. The third kappa shape index (κ3) is 5.26. The Morgan fingerprint density at radius 1 is 0.905 bits per heavy atom. The van der Waals surface area contributed by atoms with E-state index in [2.05, 4.69) is 29.6 Å². The molecule has 4 nitrogen and oxygen atoms in total. The second kappa shape index (κ2) is 8.04. The Morgan fingerprint density at radius 3 is 2.29 bits per heavy atom. The van der Waals surface area contributed by atoms with Gasteiger partial charge in [-0.2, -0.15) is 0 Å². The Labute approximate surface area is 125 Å². The van der Waals surface area contributed by atoms with Crippen LogP contribution in [0.25, 0.3) is 0 Å². The van der Waals surface area contributed by atoms with Crippen molar-refractivity contribution in [1.82, 2.24) is 0 Å². The van der Waals surface area contributed by atoms with E-state index in [-0.39, 0.29) is 10.6 Å². The SMILES string of the molecule is O=[N+]([O-])c1ccc(NCCCCCc2ccccc2)cc1. The molecule has 110 valence electrons. The first-order chi connectivity index (χ1) is 10.3. The molecule has 0 aliphatic rings. The number of anilines is 1. The molecule has 0 spiro atoms. The van der Waals surface area contributed by atoms with Gasteiger partial charge in [-0.3, -0.25) is 10.1 Å². The van der Waals surface area contributed by atoms with Crippen molar-refractivity contribution in [3.05, 3.63) is 70.3 Å². The monoisotopic (exact) mass is 284 g/mol. The van der Waals surface area contributed by atoms with E-state index in [1.54, 1.807) is 12.1 Å². The van der Waals surface area contributed by atoms with Crippen molar-refractivity contribution in [2.75, 3.05) is 11.9 Å². The lowest BCUT2D eigenvalue weighted by Crippen LogP contribution is -2.01. The molecular formula is C17H20N2O2. The summed E-state index contributed by atoms with van der Waals surface area (Å²) in [5.41, 5.74) is 2.45. The van der Waals surface area contributed by atoms with Crippen LogP contribution in [0.15, 0.2) is 54.6 Å². The Kier molecular flexibility index (Phi) is 5.76. The summed E-state index contributed by atoms with van der Waals surface area (Å²) in [5.74, 6) is 0. The summed E-state index contributed by atoms with van der Waals surface area (Å²) in [6, 6.07) is 17.1. The molecule has 0 bridgehead atoms. The first-order valence-corrected chi connectivity index (χ1v) is 7.28. The first kappa shape index (κ1) is 15.0. The van der Waals surface area contributed by atoms with Gasteiger partial charge in [-0.15, -0.1) is 0 Å². The van der Waals surface area contributed by atoms with Crippen LogP contribution in [0.3, 0.4) is 0 Å². The standard InChI is InChI=1S/C17H20N2O2/c20-19(21)17-12-10-16(11-13-17)18-14-6-2-5-9-15-7-3-1-4-8-15/h1,3-4,7-8,10-13,18H,2,5-6,9,14H2. The maximum atomic E-state index is 10.5. The molecule has 0 radical (unpaired) electrons. The fraction of sp³-hybridized carbons (Fsp3) is 0.294. The van der Waals surface area contributed by atoms with E-state index in [4.69, 9.17) is 0 Å². The summed E-state index contributed by atoms with van der Waals surface area (Å²) < 4.78 is 0. The predicted octanol–water partition coefficient (Wildman–Crippen LogP) is 4.42. The molecule has 1 N–H and O–H groups in total. The zero-order valence-corrected chi connectivity index (χ0v) is 12.0. The smallest absolute Gasteiger partial charge is 0.269 e. The molecule has 2 aromatic carbocycles. The lowest BCUT2D eigenvalue weighted by molar-refractivity contribution is -0.384. The summed E-state index contributed by atoms with van der Waals surface area (Å²) in [4.78, 5) is 10.2. The lowest BCUT2D eigenvalue weighted by Gasteiger charge is -2.06. The Morgan fingerprint density at radius 2 is 1.62 bits per heavy atom. The Hall–Kier alpha value is -2.36. The molecule has 0 amide bonds. The summed E-state index contributed by atoms with van der Waals surface area (Å²) in [7, 11) is 0. The maximum Gasteiger partial charge on any atom is 0.269 e.